The third-order valence-corrected chi connectivity index (χ3v) is 3.53. The van der Waals surface area contributed by atoms with Gasteiger partial charge in [0.05, 0.1) is 5.02 Å². The molecule has 0 unspecified atom stereocenters. The smallest absolute Gasteiger partial charge is 0.194 e. The van der Waals surface area contributed by atoms with E-state index in [4.69, 9.17) is 11.6 Å². The average Bonchev–Trinajstić information content (AvgIpc) is 2.33. The maximum absolute atomic E-state index is 12.5. The Morgan fingerprint density at radius 3 is 2.17 bits per heavy atom. The summed E-state index contributed by atoms with van der Waals surface area (Å²) < 4.78 is 0. The van der Waals surface area contributed by atoms with Crippen LogP contribution in [0.3, 0.4) is 0 Å². The minimum absolute atomic E-state index is 0.0128. The van der Waals surface area contributed by atoms with Gasteiger partial charge in [0.15, 0.2) is 5.78 Å². The Bertz CT molecular complexity index is 614. The van der Waals surface area contributed by atoms with Crippen LogP contribution in [-0.4, -0.2) is 5.78 Å². The fourth-order valence-corrected chi connectivity index (χ4v) is 2.23. The minimum Gasteiger partial charge on any atom is -0.289 e. The Kier molecular flexibility index (Phi) is 3.53. The molecule has 0 amide bonds. The average molecular weight is 259 g/mol. The van der Waals surface area contributed by atoms with Crippen LogP contribution < -0.4 is 0 Å². The van der Waals surface area contributed by atoms with Gasteiger partial charge in [-0.15, -0.1) is 0 Å². The highest BCUT2D eigenvalue weighted by Crippen LogP contribution is 2.24. The van der Waals surface area contributed by atoms with Gasteiger partial charge in [0, 0.05) is 11.1 Å². The molecule has 0 aliphatic heterocycles. The van der Waals surface area contributed by atoms with Gasteiger partial charge in [-0.2, -0.15) is 0 Å². The SMILES string of the molecule is Cc1cc(Cl)c(C(=O)c2ccccc2C)cc1C. The van der Waals surface area contributed by atoms with Crippen LogP contribution in [0.1, 0.15) is 32.6 Å². The van der Waals surface area contributed by atoms with Crippen molar-refractivity contribution in [1.82, 2.24) is 0 Å². The van der Waals surface area contributed by atoms with E-state index in [0.29, 0.717) is 16.1 Å². The van der Waals surface area contributed by atoms with E-state index in [9.17, 15) is 4.79 Å². The van der Waals surface area contributed by atoms with Crippen molar-refractivity contribution in [3.63, 3.8) is 0 Å². The Morgan fingerprint density at radius 1 is 0.889 bits per heavy atom. The molecule has 0 bridgehead atoms. The molecule has 0 radical (unpaired) electrons. The van der Waals surface area contributed by atoms with Crippen molar-refractivity contribution < 1.29 is 4.79 Å². The lowest BCUT2D eigenvalue weighted by Crippen LogP contribution is -2.05. The summed E-state index contributed by atoms with van der Waals surface area (Å²) in [7, 11) is 0. The van der Waals surface area contributed by atoms with E-state index in [1.807, 2.05) is 57.2 Å². The number of rotatable bonds is 2. The lowest BCUT2D eigenvalue weighted by molar-refractivity contribution is 0.103. The second-order valence-corrected chi connectivity index (χ2v) is 4.97. The molecule has 0 aliphatic rings. The van der Waals surface area contributed by atoms with Crippen molar-refractivity contribution in [3.8, 4) is 0 Å². The first-order valence-corrected chi connectivity index (χ1v) is 6.25. The summed E-state index contributed by atoms with van der Waals surface area (Å²) in [6, 6.07) is 11.3. The van der Waals surface area contributed by atoms with Gasteiger partial charge >= 0.3 is 0 Å². The first-order chi connectivity index (χ1) is 8.50. The topological polar surface area (TPSA) is 17.1 Å². The number of aryl methyl sites for hydroxylation is 3. The molecule has 2 heteroatoms. The number of ketones is 1. The number of carbonyl (C=O) groups is 1. The van der Waals surface area contributed by atoms with Gasteiger partial charge in [0.2, 0.25) is 0 Å². The zero-order valence-electron chi connectivity index (χ0n) is 10.8. The Labute approximate surface area is 112 Å². The number of halogens is 1. The molecule has 0 N–H and O–H groups in total. The fraction of sp³-hybridized carbons (Fsp3) is 0.188. The third-order valence-electron chi connectivity index (χ3n) is 3.22. The Morgan fingerprint density at radius 2 is 1.50 bits per heavy atom. The van der Waals surface area contributed by atoms with Gasteiger partial charge in [0.1, 0.15) is 0 Å². The van der Waals surface area contributed by atoms with Crippen molar-refractivity contribution in [3.05, 3.63) is 69.2 Å². The molecule has 18 heavy (non-hydrogen) atoms. The summed E-state index contributed by atoms with van der Waals surface area (Å²) in [5, 5.41) is 0.520. The summed E-state index contributed by atoms with van der Waals surface area (Å²) in [6.45, 7) is 5.91. The Hall–Kier alpha value is -1.60. The van der Waals surface area contributed by atoms with Crippen LogP contribution in [-0.2, 0) is 0 Å². The van der Waals surface area contributed by atoms with E-state index in [0.717, 1.165) is 16.7 Å². The van der Waals surface area contributed by atoms with Crippen LogP contribution in [0.25, 0.3) is 0 Å². The van der Waals surface area contributed by atoms with Crippen molar-refractivity contribution in [1.29, 1.82) is 0 Å². The molecular formula is C16H15ClO. The normalized spacial score (nSPS) is 10.4. The van der Waals surface area contributed by atoms with Crippen LogP contribution >= 0.6 is 11.6 Å². The lowest BCUT2D eigenvalue weighted by atomic mass is 9.96. The molecule has 0 heterocycles. The monoisotopic (exact) mass is 258 g/mol. The molecule has 1 nitrogen and oxygen atoms in total. The summed E-state index contributed by atoms with van der Waals surface area (Å²) in [6.07, 6.45) is 0. The minimum atomic E-state index is -0.0128. The number of hydrogen-bond donors (Lipinski definition) is 0. The summed E-state index contributed by atoms with van der Waals surface area (Å²) in [5.74, 6) is -0.0128. The number of hydrogen-bond acceptors (Lipinski definition) is 1. The summed E-state index contributed by atoms with van der Waals surface area (Å²) >= 11 is 6.18. The molecule has 0 aliphatic carbocycles. The van der Waals surface area contributed by atoms with Gasteiger partial charge in [0.25, 0.3) is 0 Å². The van der Waals surface area contributed by atoms with E-state index in [1.54, 1.807) is 0 Å². The van der Waals surface area contributed by atoms with Crippen LogP contribution in [0, 0.1) is 20.8 Å². The maximum Gasteiger partial charge on any atom is 0.194 e. The third kappa shape index (κ3) is 2.32. The molecule has 2 rings (SSSR count). The van der Waals surface area contributed by atoms with Crippen LogP contribution in [0.2, 0.25) is 5.02 Å². The lowest BCUT2D eigenvalue weighted by Gasteiger charge is -2.09. The zero-order chi connectivity index (χ0) is 13.3. The first-order valence-electron chi connectivity index (χ1n) is 5.88. The van der Waals surface area contributed by atoms with E-state index in [-0.39, 0.29) is 5.78 Å². The summed E-state index contributed by atoms with van der Waals surface area (Å²) in [4.78, 5) is 12.5. The molecule has 0 saturated carbocycles. The van der Waals surface area contributed by atoms with E-state index in [1.165, 1.54) is 0 Å². The highest BCUT2D eigenvalue weighted by atomic mass is 35.5. The molecule has 0 atom stereocenters. The van der Waals surface area contributed by atoms with Crippen molar-refractivity contribution >= 4 is 17.4 Å². The first kappa shape index (κ1) is 12.8. The van der Waals surface area contributed by atoms with Gasteiger partial charge in [-0.05, 0) is 49.6 Å². The molecule has 0 spiro atoms. The summed E-state index contributed by atoms with van der Waals surface area (Å²) in [5.41, 5.74) is 4.44. The number of benzene rings is 2. The molecule has 2 aromatic carbocycles. The molecule has 0 fully saturated rings. The van der Waals surface area contributed by atoms with Crippen molar-refractivity contribution in [2.24, 2.45) is 0 Å². The van der Waals surface area contributed by atoms with Crippen LogP contribution in [0.4, 0.5) is 0 Å². The maximum atomic E-state index is 12.5. The van der Waals surface area contributed by atoms with Gasteiger partial charge in [-0.3, -0.25) is 4.79 Å². The number of carbonyl (C=O) groups excluding carboxylic acids is 1. The largest absolute Gasteiger partial charge is 0.289 e. The predicted molar refractivity (Wildman–Crippen MR) is 75.5 cm³/mol. The van der Waals surface area contributed by atoms with E-state index < -0.39 is 0 Å². The second-order valence-electron chi connectivity index (χ2n) is 4.56. The molecule has 92 valence electrons. The van der Waals surface area contributed by atoms with Crippen molar-refractivity contribution in [2.45, 2.75) is 20.8 Å². The molecule has 0 saturated heterocycles. The zero-order valence-corrected chi connectivity index (χ0v) is 11.5. The van der Waals surface area contributed by atoms with Crippen LogP contribution in [0.5, 0.6) is 0 Å². The predicted octanol–water partition coefficient (Wildman–Crippen LogP) is 4.50. The fourth-order valence-electron chi connectivity index (χ4n) is 1.93. The quantitative estimate of drug-likeness (QED) is 0.725. The van der Waals surface area contributed by atoms with Crippen molar-refractivity contribution in [2.75, 3.05) is 0 Å². The highest BCUT2D eigenvalue weighted by molar-refractivity contribution is 6.35. The van der Waals surface area contributed by atoms with E-state index in [2.05, 4.69) is 0 Å². The molecule has 0 aromatic heterocycles. The molecule has 2 aromatic rings. The van der Waals surface area contributed by atoms with E-state index >= 15 is 0 Å². The molecular weight excluding hydrogens is 244 g/mol. The standard InChI is InChI=1S/C16H15ClO/c1-10-6-4-5-7-13(10)16(18)14-8-11(2)12(3)9-15(14)17/h4-9H,1-3H3. The van der Waals surface area contributed by atoms with Crippen LogP contribution in [0.15, 0.2) is 36.4 Å². The van der Waals surface area contributed by atoms with Gasteiger partial charge in [-0.1, -0.05) is 35.9 Å². The second kappa shape index (κ2) is 4.95. The van der Waals surface area contributed by atoms with Gasteiger partial charge in [-0.25, -0.2) is 0 Å². The highest BCUT2D eigenvalue weighted by Gasteiger charge is 2.15. The Balaban J connectivity index is 2.53. The van der Waals surface area contributed by atoms with Gasteiger partial charge < -0.3 is 0 Å².